The van der Waals surface area contributed by atoms with Crippen molar-refractivity contribution in [2.45, 2.75) is 18.9 Å². The first kappa shape index (κ1) is 21.3. The van der Waals surface area contributed by atoms with Crippen LogP contribution in [0.1, 0.15) is 18.0 Å². The first-order valence-electron chi connectivity index (χ1n) is 10.5. The lowest BCUT2D eigenvalue weighted by molar-refractivity contribution is 0.217. The molecule has 0 saturated carbocycles. The standard InChI is InChI=1S/C26H26N2O4/c1-31-24-4-2-3-21(17-24)20-6-9-23(10-7-20)32-18-22(28-25(29)11-12-26(28)30)8-5-19-13-15-27-16-14-19/h2-4,6-7,9-17,22,29-30H,5,8,18H2,1H3. The molecule has 6 nitrogen and oxygen atoms in total. The summed E-state index contributed by atoms with van der Waals surface area (Å²) in [5.74, 6) is 1.56. The average Bonchev–Trinajstić information content (AvgIpc) is 3.18. The summed E-state index contributed by atoms with van der Waals surface area (Å²) in [6.07, 6.45) is 4.97. The Kier molecular flexibility index (Phi) is 6.60. The molecule has 2 aromatic heterocycles. The Balaban J connectivity index is 1.46. The molecule has 0 spiro atoms. The van der Waals surface area contributed by atoms with Crippen LogP contribution in [-0.4, -0.2) is 33.5 Å². The number of methoxy groups -OCH3 is 1. The maximum Gasteiger partial charge on any atom is 0.194 e. The second kappa shape index (κ2) is 9.92. The Labute approximate surface area is 187 Å². The number of benzene rings is 2. The van der Waals surface area contributed by atoms with E-state index in [2.05, 4.69) is 4.98 Å². The summed E-state index contributed by atoms with van der Waals surface area (Å²) in [7, 11) is 1.65. The molecular weight excluding hydrogens is 404 g/mol. The van der Waals surface area contributed by atoms with Crippen molar-refractivity contribution in [3.05, 3.63) is 90.8 Å². The number of hydrogen-bond acceptors (Lipinski definition) is 5. The zero-order valence-corrected chi connectivity index (χ0v) is 17.9. The number of aromatic hydroxyl groups is 2. The summed E-state index contributed by atoms with van der Waals surface area (Å²) >= 11 is 0. The lowest BCUT2D eigenvalue weighted by Crippen LogP contribution is -2.18. The van der Waals surface area contributed by atoms with Crippen molar-refractivity contribution in [2.75, 3.05) is 13.7 Å². The molecule has 2 aromatic carbocycles. The first-order valence-corrected chi connectivity index (χ1v) is 10.5. The van der Waals surface area contributed by atoms with E-state index < -0.39 is 0 Å². The van der Waals surface area contributed by atoms with Crippen LogP contribution in [-0.2, 0) is 6.42 Å². The minimum Gasteiger partial charge on any atom is -0.497 e. The molecule has 0 radical (unpaired) electrons. The van der Waals surface area contributed by atoms with Gasteiger partial charge in [0.05, 0.1) is 13.2 Å². The fraction of sp³-hybridized carbons (Fsp3) is 0.192. The molecule has 164 valence electrons. The van der Waals surface area contributed by atoms with Gasteiger partial charge in [0.25, 0.3) is 0 Å². The van der Waals surface area contributed by atoms with Gasteiger partial charge in [-0.15, -0.1) is 0 Å². The van der Waals surface area contributed by atoms with Crippen molar-refractivity contribution >= 4 is 0 Å². The van der Waals surface area contributed by atoms with E-state index in [1.54, 1.807) is 19.5 Å². The molecule has 1 unspecified atom stereocenters. The number of hydrogen-bond donors (Lipinski definition) is 2. The van der Waals surface area contributed by atoms with Crippen LogP contribution in [0.4, 0.5) is 0 Å². The van der Waals surface area contributed by atoms with Crippen LogP contribution in [0.15, 0.2) is 85.2 Å². The van der Waals surface area contributed by atoms with E-state index in [0.29, 0.717) is 13.0 Å². The highest BCUT2D eigenvalue weighted by atomic mass is 16.5. The maximum atomic E-state index is 10.2. The second-order valence-corrected chi connectivity index (χ2v) is 7.54. The predicted octanol–water partition coefficient (Wildman–Crippen LogP) is 5.22. The Morgan fingerprint density at radius 3 is 2.25 bits per heavy atom. The van der Waals surface area contributed by atoms with E-state index in [4.69, 9.17) is 9.47 Å². The van der Waals surface area contributed by atoms with Gasteiger partial charge in [0.2, 0.25) is 0 Å². The third-order valence-corrected chi connectivity index (χ3v) is 5.46. The summed E-state index contributed by atoms with van der Waals surface area (Å²) in [6, 6.07) is 22.4. The number of rotatable bonds is 9. The van der Waals surface area contributed by atoms with Crippen LogP contribution in [0.5, 0.6) is 23.3 Å². The molecule has 0 aliphatic carbocycles. The van der Waals surface area contributed by atoms with Crippen molar-refractivity contribution in [1.82, 2.24) is 9.55 Å². The van der Waals surface area contributed by atoms with E-state index in [-0.39, 0.29) is 17.8 Å². The number of ether oxygens (including phenoxy) is 2. The molecule has 0 saturated heterocycles. The van der Waals surface area contributed by atoms with E-state index in [1.165, 1.54) is 16.7 Å². The molecule has 2 N–H and O–H groups in total. The molecule has 0 fully saturated rings. The topological polar surface area (TPSA) is 76.7 Å². The van der Waals surface area contributed by atoms with Crippen molar-refractivity contribution in [1.29, 1.82) is 0 Å². The first-order chi connectivity index (χ1) is 15.6. The number of aromatic nitrogens is 2. The van der Waals surface area contributed by atoms with Gasteiger partial charge in [0, 0.05) is 24.5 Å². The van der Waals surface area contributed by atoms with Gasteiger partial charge in [0.1, 0.15) is 18.1 Å². The third-order valence-electron chi connectivity index (χ3n) is 5.46. The molecule has 4 aromatic rings. The summed E-state index contributed by atoms with van der Waals surface area (Å²) in [6.45, 7) is 0.305. The molecule has 0 bridgehead atoms. The molecule has 6 heteroatoms. The molecule has 32 heavy (non-hydrogen) atoms. The number of aryl methyl sites for hydroxylation is 1. The minimum absolute atomic E-state index is 0.0131. The monoisotopic (exact) mass is 430 g/mol. The van der Waals surface area contributed by atoms with Gasteiger partial charge in [-0.05, 0) is 65.9 Å². The van der Waals surface area contributed by atoms with Gasteiger partial charge in [-0.2, -0.15) is 0 Å². The molecular formula is C26H26N2O4. The third kappa shape index (κ3) is 5.03. The van der Waals surface area contributed by atoms with Gasteiger partial charge in [-0.1, -0.05) is 24.3 Å². The highest BCUT2D eigenvalue weighted by Crippen LogP contribution is 2.31. The van der Waals surface area contributed by atoms with Gasteiger partial charge in [-0.25, -0.2) is 0 Å². The normalized spacial score (nSPS) is 11.8. The average molecular weight is 431 g/mol. The van der Waals surface area contributed by atoms with E-state index in [0.717, 1.165) is 34.6 Å². The van der Waals surface area contributed by atoms with Crippen molar-refractivity contribution in [2.24, 2.45) is 0 Å². The highest BCUT2D eigenvalue weighted by molar-refractivity contribution is 5.65. The second-order valence-electron chi connectivity index (χ2n) is 7.54. The lowest BCUT2D eigenvalue weighted by atomic mass is 10.1. The van der Waals surface area contributed by atoms with Crippen LogP contribution in [0.2, 0.25) is 0 Å². The van der Waals surface area contributed by atoms with Gasteiger partial charge in [0.15, 0.2) is 11.8 Å². The number of nitrogens with zero attached hydrogens (tertiary/aromatic N) is 2. The van der Waals surface area contributed by atoms with Gasteiger partial charge < -0.3 is 19.7 Å². The summed E-state index contributed by atoms with van der Waals surface area (Å²) in [4.78, 5) is 4.05. The lowest BCUT2D eigenvalue weighted by Gasteiger charge is -2.21. The highest BCUT2D eigenvalue weighted by Gasteiger charge is 2.19. The summed E-state index contributed by atoms with van der Waals surface area (Å²) < 4.78 is 12.9. The SMILES string of the molecule is COc1cccc(-c2ccc(OCC(CCc3ccncc3)n3c(O)ccc3O)cc2)c1. The fourth-order valence-electron chi connectivity index (χ4n) is 3.71. The summed E-state index contributed by atoms with van der Waals surface area (Å²) in [5.41, 5.74) is 3.26. The largest absolute Gasteiger partial charge is 0.497 e. The molecule has 2 heterocycles. The van der Waals surface area contributed by atoms with Crippen LogP contribution < -0.4 is 9.47 Å². The van der Waals surface area contributed by atoms with Crippen molar-refractivity contribution < 1.29 is 19.7 Å². The Morgan fingerprint density at radius 2 is 1.56 bits per heavy atom. The Bertz CT molecular complexity index is 1120. The Morgan fingerprint density at radius 1 is 0.844 bits per heavy atom. The summed E-state index contributed by atoms with van der Waals surface area (Å²) in [5, 5.41) is 20.5. The molecule has 0 aliphatic rings. The van der Waals surface area contributed by atoms with Crippen molar-refractivity contribution in [3.8, 4) is 34.4 Å². The number of pyridine rings is 1. The smallest absolute Gasteiger partial charge is 0.194 e. The fourth-order valence-corrected chi connectivity index (χ4v) is 3.71. The van der Waals surface area contributed by atoms with Crippen LogP contribution in [0.25, 0.3) is 11.1 Å². The zero-order chi connectivity index (χ0) is 22.3. The zero-order valence-electron chi connectivity index (χ0n) is 17.9. The minimum atomic E-state index is -0.240. The predicted molar refractivity (Wildman–Crippen MR) is 123 cm³/mol. The van der Waals surface area contributed by atoms with Crippen LogP contribution in [0.3, 0.4) is 0 Å². The van der Waals surface area contributed by atoms with E-state index in [1.807, 2.05) is 60.7 Å². The molecule has 1 atom stereocenters. The molecule has 4 rings (SSSR count). The van der Waals surface area contributed by atoms with Crippen LogP contribution >= 0.6 is 0 Å². The molecule has 0 amide bonds. The maximum absolute atomic E-state index is 10.2. The van der Waals surface area contributed by atoms with Crippen LogP contribution in [0, 0.1) is 0 Å². The van der Waals surface area contributed by atoms with E-state index in [9.17, 15) is 10.2 Å². The quantitative estimate of drug-likeness (QED) is 0.381. The van der Waals surface area contributed by atoms with Gasteiger partial charge in [-0.3, -0.25) is 9.55 Å². The van der Waals surface area contributed by atoms with Gasteiger partial charge >= 0.3 is 0 Å². The Hall–Kier alpha value is -3.93. The van der Waals surface area contributed by atoms with Crippen molar-refractivity contribution in [3.63, 3.8) is 0 Å². The molecule has 0 aliphatic heterocycles. The van der Waals surface area contributed by atoms with E-state index >= 15 is 0 Å².